The van der Waals surface area contributed by atoms with Crippen molar-refractivity contribution in [1.82, 2.24) is 9.55 Å². The van der Waals surface area contributed by atoms with Gasteiger partial charge in [0.25, 0.3) is 5.91 Å². The molecule has 2 N–H and O–H groups in total. The third-order valence-electron chi connectivity index (χ3n) is 4.62. The van der Waals surface area contributed by atoms with E-state index in [1.807, 2.05) is 6.92 Å². The van der Waals surface area contributed by atoms with Gasteiger partial charge >= 0.3 is 5.97 Å². The zero-order valence-electron chi connectivity index (χ0n) is 16.2. The predicted octanol–water partition coefficient (Wildman–Crippen LogP) is 4.26. The van der Waals surface area contributed by atoms with Crippen molar-refractivity contribution in [3.8, 4) is 17.0 Å². The molecule has 0 aliphatic carbocycles. The number of nitrogens with zero attached hydrogens (tertiary/aromatic N) is 2. The number of methoxy groups -OCH3 is 1. The standard InChI is InChI=1S/C21H20ClN3O4/c1-4-12-9-13(5-7-15(12)21(27)28)24-20(26)19-23-11-18(25(19)2)16-8-6-14(29-3)10-17(16)22/h5-11H,4H2,1-3H3,(H,24,26)(H,27,28). The molecule has 0 atom stereocenters. The first-order valence-electron chi connectivity index (χ1n) is 8.88. The average Bonchev–Trinajstić information content (AvgIpc) is 3.08. The Balaban J connectivity index is 1.87. The highest BCUT2D eigenvalue weighted by Crippen LogP contribution is 2.31. The predicted molar refractivity (Wildman–Crippen MR) is 111 cm³/mol. The number of imidazole rings is 1. The number of carbonyl (C=O) groups is 2. The molecule has 0 spiro atoms. The summed E-state index contributed by atoms with van der Waals surface area (Å²) in [6, 6.07) is 9.98. The van der Waals surface area contributed by atoms with Crippen molar-refractivity contribution >= 4 is 29.2 Å². The SMILES string of the molecule is CCc1cc(NC(=O)c2ncc(-c3ccc(OC)cc3Cl)n2C)ccc1C(=O)O. The van der Waals surface area contributed by atoms with E-state index < -0.39 is 11.9 Å². The lowest BCUT2D eigenvalue weighted by molar-refractivity contribution is 0.0695. The summed E-state index contributed by atoms with van der Waals surface area (Å²) in [5.74, 6) is -0.569. The Bertz CT molecular complexity index is 1090. The summed E-state index contributed by atoms with van der Waals surface area (Å²) in [5, 5.41) is 12.5. The van der Waals surface area contributed by atoms with Crippen LogP contribution in [0, 0.1) is 0 Å². The maximum Gasteiger partial charge on any atom is 0.335 e. The summed E-state index contributed by atoms with van der Waals surface area (Å²) in [6.07, 6.45) is 2.11. The maximum atomic E-state index is 12.7. The molecule has 1 heterocycles. The van der Waals surface area contributed by atoms with Gasteiger partial charge in [-0.15, -0.1) is 0 Å². The van der Waals surface area contributed by atoms with E-state index in [4.69, 9.17) is 16.3 Å². The molecule has 0 aliphatic rings. The van der Waals surface area contributed by atoms with E-state index in [1.165, 1.54) is 6.07 Å². The Labute approximate surface area is 172 Å². The molecule has 2 aromatic carbocycles. The second-order valence-electron chi connectivity index (χ2n) is 6.36. The first-order valence-corrected chi connectivity index (χ1v) is 9.26. The van der Waals surface area contributed by atoms with Crippen molar-refractivity contribution in [2.75, 3.05) is 12.4 Å². The van der Waals surface area contributed by atoms with Gasteiger partial charge in [-0.3, -0.25) is 4.79 Å². The van der Waals surface area contributed by atoms with Crippen LogP contribution in [0.4, 0.5) is 5.69 Å². The fourth-order valence-electron chi connectivity index (χ4n) is 3.06. The molecule has 3 aromatic rings. The summed E-state index contributed by atoms with van der Waals surface area (Å²) in [5.41, 5.74) is 2.77. The van der Waals surface area contributed by atoms with E-state index in [2.05, 4.69) is 10.3 Å². The minimum atomic E-state index is -0.996. The van der Waals surface area contributed by atoms with Crippen LogP contribution in [0.3, 0.4) is 0 Å². The smallest absolute Gasteiger partial charge is 0.335 e. The number of aryl methyl sites for hydroxylation is 1. The number of rotatable bonds is 6. The van der Waals surface area contributed by atoms with E-state index in [0.717, 1.165) is 5.56 Å². The third kappa shape index (κ3) is 4.09. The number of anilines is 1. The molecular weight excluding hydrogens is 394 g/mol. The molecule has 7 nitrogen and oxygen atoms in total. The first kappa shape index (κ1) is 20.4. The number of benzene rings is 2. The number of carbonyl (C=O) groups excluding carboxylic acids is 1. The Kier molecular flexibility index (Phi) is 5.89. The van der Waals surface area contributed by atoms with Crippen LogP contribution in [0.5, 0.6) is 5.75 Å². The molecule has 150 valence electrons. The minimum Gasteiger partial charge on any atom is -0.497 e. The molecule has 0 fully saturated rings. The number of amides is 1. The molecule has 1 aromatic heterocycles. The molecule has 0 radical (unpaired) electrons. The number of aromatic carboxylic acids is 1. The zero-order valence-corrected chi connectivity index (χ0v) is 16.9. The van der Waals surface area contributed by atoms with Crippen molar-refractivity contribution in [2.24, 2.45) is 7.05 Å². The highest BCUT2D eigenvalue weighted by molar-refractivity contribution is 6.33. The van der Waals surface area contributed by atoms with Crippen molar-refractivity contribution < 1.29 is 19.4 Å². The Morgan fingerprint density at radius 1 is 1.24 bits per heavy atom. The number of carboxylic acid groups (broad SMARTS) is 1. The van der Waals surface area contributed by atoms with E-state index in [-0.39, 0.29) is 11.4 Å². The zero-order chi connectivity index (χ0) is 21.1. The lowest BCUT2D eigenvalue weighted by Gasteiger charge is -2.11. The first-order chi connectivity index (χ1) is 13.8. The van der Waals surface area contributed by atoms with Gasteiger partial charge in [0.2, 0.25) is 0 Å². The number of hydrogen-bond donors (Lipinski definition) is 2. The molecule has 0 saturated carbocycles. The molecule has 29 heavy (non-hydrogen) atoms. The van der Waals surface area contributed by atoms with Gasteiger partial charge in [0, 0.05) is 18.3 Å². The highest BCUT2D eigenvalue weighted by atomic mass is 35.5. The van der Waals surface area contributed by atoms with E-state index in [1.54, 1.807) is 55.3 Å². The number of carboxylic acids is 1. The Morgan fingerprint density at radius 3 is 2.62 bits per heavy atom. The van der Waals surface area contributed by atoms with Gasteiger partial charge in [-0.05, 0) is 48.4 Å². The second-order valence-corrected chi connectivity index (χ2v) is 6.76. The fraction of sp³-hybridized carbons (Fsp3) is 0.190. The van der Waals surface area contributed by atoms with Crippen molar-refractivity contribution in [3.63, 3.8) is 0 Å². The Hall–Kier alpha value is -3.32. The van der Waals surface area contributed by atoms with E-state index in [0.29, 0.717) is 34.1 Å². The summed E-state index contributed by atoms with van der Waals surface area (Å²) in [7, 11) is 3.29. The van der Waals surface area contributed by atoms with Gasteiger partial charge in [0.15, 0.2) is 5.82 Å². The van der Waals surface area contributed by atoms with Crippen LogP contribution in [0.2, 0.25) is 5.02 Å². The fourth-order valence-corrected chi connectivity index (χ4v) is 3.33. The van der Waals surface area contributed by atoms with Gasteiger partial charge in [-0.2, -0.15) is 0 Å². The quantitative estimate of drug-likeness (QED) is 0.629. The topological polar surface area (TPSA) is 93.5 Å². The van der Waals surface area contributed by atoms with E-state index in [9.17, 15) is 14.7 Å². The Morgan fingerprint density at radius 2 is 2.00 bits per heavy atom. The minimum absolute atomic E-state index is 0.201. The molecule has 0 saturated heterocycles. The number of aromatic nitrogens is 2. The van der Waals surface area contributed by atoms with Crippen molar-refractivity contribution in [3.05, 3.63) is 64.6 Å². The van der Waals surface area contributed by atoms with Gasteiger partial charge in [-0.25, -0.2) is 9.78 Å². The highest BCUT2D eigenvalue weighted by Gasteiger charge is 2.18. The number of ether oxygens (including phenoxy) is 1. The maximum absolute atomic E-state index is 12.7. The molecular formula is C21H20ClN3O4. The number of hydrogen-bond acceptors (Lipinski definition) is 4. The molecule has 0 bridgehead atoms. The number of nitrogens with one attached hydrogen (secondary N) is 1. The summed E-state index contributed by atoms with van der Waals surface area (Å²) in [4.78, 5) is 28.2. The number of halogens is 1. The van der Waals surface area contributed by atoms with Gasteiger partial charge in [0.05, 0.1) is 29.6 Å². The van der Waals surface area contributed by atoms with Crippen molar-refractivity contribution in [1.29, 1.82) is 0 Å². The summed E-state index contributed by atoms with van der Waals surface area (Å²) < 4.78 is 6.81. The van der Waals surface area contributed by atoms with Crippen LogP contribution < -0.4 is 10.1 Å². The lowest BCUT2D eigenvalue weighted by atomic mass is 10.0. The molecule has 1 amide bonds. The molecule has 8 heteroatoms. The monoisotopic (exact) mass is 413 g/mol. The van der Waals surface area contributed by atoms with Crippen molar-refractivity contribution in [2.45, 2.75) is 13.3 Å². The van der Waals surface area contributed by atoms with Crippen LogP contribution in [0.25, 0.3) is 11.3 Å². The molecule has 0 aliphatic heterocycles. The summed E-state index contributed by atoms with van der Waals surface area (Å²) in [6.45, 7) is 1.86. The van der Waals surface area contributed by atoms with Crippen LogP contribution in [0.15, 0.2) is 42.6 Å². The van der Waals surface area contributed by atoms with Crippen LogP contribution >= 0.6 is 11.6 Å². The average molecular weight is 414 g/mol. The molecule has 3 rings (SSSR count). The summed E-state index contributed by atoms with van der Waals surface area (Å²) >= 11 is 6.34. The van der Waals surface area contributed by atoms with Gasteiger partial charge < -0.3 is 19.7 Å². The van der Waals surface area contributed by atoms with E-state index >= 15 is 0 Å². The van der Waals surface area contributed by atoms with Crippen LogP contribution in [0.1, 0.15) is 33.5 Å². The lowest BCUT2D eigenvalue weighted by Crippen LogP contribution is -2.17. The largest absolute Gasteiger partial charge is 0.497 e. The second kappa shape index (κ2) is 8.36. The normalized spacial score (nSPS) is 10.6. The molecule has 0 unspecified atom stereocenters. The van der Waals surface area contributed by atoms with Gasteiger partial charge in [0.1, 0.15) is 5.75 Å². The van der Waals surface area contributed by atoms with Gasteiger partial charge in [-0.1, -0.05) is 18.5 Å². The van der Waals surface area contributed by atoms with Crippen LogP contribution in [-0.4, -0.2) is 33.6 Å². The third-order valence-corrected chi connectivity index (χ3v) is 4.93. The van der Waals surface area contributed by atoms with Crippen LogP contribution in [-0.2, 0) is 13.5 Å².